The van der Waals surface area contributed by atoms with Crippen molar-refractivity contribution in [2.75, 3.05) is 51.8 Å². The van der Waals surface area contributed by atoms with E-state index in [9.17, 15) is 0 Å². The predicted octanol–water partition coefficient (Wildman–Crippen LogP) is 0.538. The summed E-state index contributed by atoms with van der Waals surface area (Å²) < 4.78 is 10.4. The molecule has 2 heterocycles. The van der Waals surface area contributed by atoms with Gasteiger partial charge in [-0.05, 0) is 6.92 Å². The molecule has 1 N–H and O–H groups in total. The van der Waals surface area contributed by atoms with Crippen molar-refractivity contribution < 1.29 is 9.47 Å². The molecule has 0 atom stereocenters. The van der Waals surface area contributed by atoms with E-state index in [0.717, 1.165) is 45.2 Å². The van der Waals surface area contributed by atoms with Gasteiger partial charge in [0, 0.05) is 32.2 Å². The molecule has 1 aliphatic heterocycles. The highest BCUT2D eigenvalue weighted by Crippen LogP contribution is 2.12. The molecule has 1 aromatic rings. The van der Waals surface area contributed by atoms with Crippen LogP contribution in [-0.2, 0) is 4.74 Å². The fourth-order valence-electron chi connectivity index (χ4n) is 1.90. The van der Waals surface area contributed by atoms with Crippen LogP contribution < -0.4 is 10.1 Å². The number of hydrogen-bond donors (Lipinski definition) is 1. The van der Waals surface area contributed by atoms with Crippen molar-refractivity contribution >= 4 is 5.82 Å². The second kappa shape index (κ2) is 6.51. The van der Waals surface area contributed by atoms with Crippen LogP contribution in [0.3, 0.4) is 0 Å². The fourth-order valence-corrected chi connectivity index (χ4v) is 1.90. The van der Waals surface area contributed by atoms with Gasteiger partial charge in [0.1, 0.15) is 11.6 Å². The maximum absolute atomic E-state index is 5.31. The number of rotatable bonds is 5. The maximum atomic E-state index is 5.31. The quantitative estimate of drug-likeness (QED) is 0.825. The minimum Gasteiger partial charge on any atom is -0.481 e. The van der Waals surface area contributed by atoms with Crippen molar-refractivity contribution in [3.8, 4) is 5.88 Å². The number of ether oxygens (including phenoxy) is 2. The lowest BCUT2D eigenvalue weighted by molar-refractivity contribution is 0.0398. The lowest BCUT2D eigenvalue weighted by Crippen LogP contribution is -2.39. The van der Waals surface area contributed by atoms with Crippen LogP contribution >= 0.6 is 0 Å². The summed E-state index contributed by atoms with van der Waals surface area (Å²) >= 11 is 0. The molecule has 0 radical (unpaired) electrons. The van der Waals surface area contributed by atoms with Crippen LogP contribution in [0.15, 0.2) is 6.07 Å². The molecule has 1 fully saturated rings. The van der Waals surface area contributed by atoms with Crippen molar-refractivity contribution in [2.24, 2.45) is 0 Å². The summed E-state index contributed by atoms with van der Waals surface area (Å²) in [6.07, 6.45) is 0. The van der Waals surface area contributed by atoms with Crippen molar-refractivity contribution in [1.82, 2.24) is 14.9 Å². The Kier molecular flexibility index (Phi) is 4.72. The first-order valence-corrected chi connectivity index (χ1v) is 6.21. The number of aryl methyl sites for hydroxylation is 1. The van der Waals surface area contributed by atoms with E-state index in [1.807, 2.05) is 13.0 Å². The SMILES string of the molecule is COc1cc(NCCN2CCOCC2)nc(C)n1. The highest BCUT2D eigenvalue weighted by atomic mass is 16.5. The Bertz CT molecular complexity index is 380. The average molecular weight is 252 g/mol. The van der Waals surface area contributed by atoms with E-state index in [-0.39, 0.29) is 0 Å². The minimum atomic E-state index is 0.594. The summed E-state index contributed by atoms with van der Waals surface area (Å²) in [4.78, 5) is 10.8. The molecular weight excluding hydrogens is 232 g/mol. The molecule has 0 amide bonds. The number of nitrogens with zero attached hydrogens (tertiary/aromatic N) is 3. The average Bonchev–Trinajstić information content (AvgIpc) is 2.39. The second-order valence-electron chi connectivity index (χ2n) is 4.22. The summed E-state index contributed by atoms with van der Waals surface area (Å²) in [5.74, 6) is 2.12. The van der Waals surface area contributed by atoms with Gasteiger partial charge in [-0.15, -0.1) is 0 Å². The molecule has 1 saturated heterocycles. The number of nitrogens with one attached hydrogen (secondary N) is 1. The maximum Gasteiger partial charge on any atom is 0.218 e. The number of morpholine rings is 1. The Morgan fingerprint density at radius 2 is 2.17 bits per heavy atom. The van der Waals surface area contributed by atoms with E-state index in [0.29, 0.717) is 11.7 Å². The molecule has 6 heteroatoms. The molecule has 0 unspecified atom stereocenters. The van der Waals surface area contributed by atoms with Crippen molar-refractivity contribution in [1.29, 1.82) is 0 Å². The van der Waals surface area contributed by atoms with Crippen molar-refractivity contribution in [3.05, 3.63) is 11.9 Å². The zero-order chi connectivity index (χ0) is 12.8. The third-order valence-electron chi connectivity index (χ3n) is 2.86. The number of anilines is 1. The van der Waals surface area contributed by atoms with Gasteiger partial charge >= 0.3 is 0 Å². The second-order valence-corrected chi connectivity index (χ2v) is 4.22. The largest absolute Gasteiger partial charge is 0.481 e. The molecule has 0 aliphatic carbocycles. The first-order chi connectivity index (χ1) is 8.78. The van der Waals surface area contributed by atoms with E-state index in [2.05, 4.69) is 20.2 Å². The summed E-state index contributed by atoms with van der Waals surface area (Å²) in [5, 5.41) is 3.29. The van der Waals surface area contributed by atoms with Crippen LogP contribution in [0.1, 0.15) is 5.82 Å². The molecule has 0 bridgehead atoms. The minimum absolute atomic E-state index is 0.594. The first kappa shape index (κ1) is 13.0. The van der Waals surface area contributed by atoms with Crippen LogP contribution in [0.2, 0.25) is 0 Å². The highest BCUT2D eigenvalue weighted by Gasteiger charge is 2.09. The molecule has 2 rings (SSSR count). The van der Waals surface area contributed by atoms with Gasteiger partial charge in [0.05, 0.1) is 20.3 Å². The van der Waals surface area contributed by atoms with Crippen LogP contribution in [0.5, 0.6) is 5.88 Å². The van der Waals surface area contributed by atoms with Gasteiger partial charge < -0.3 is 14.8 Å². The molecule has 0 spiro atoms. The number of aromatic nitrogens is 2. The summed E-state index contributed by atoms with van der Waals surface area (Å²) in [7, 11) is 1.61. The van der Waals surface area contributed by atoms with Crippen LogP contribution in [0.25, 0.3) is 0 Å². The van der Waals surface area contributed by atoms with Gasteiger partial charge in [-0.3, -0.25) is 4.90 Å². The lowest BCUT2D eigenvalue weighted by Gasteiger charge is -2.26. The molecular formula is C12H20N4O2. The third kappa shape index (κ3) is 3.82. The Labute approximate surface area is 107 Å². The number of hydrogen-bond acceptors (Lipinski definition) is 6. The molecule has 1 aliphatic rings. The van der Waals surface area contributed by atoms with Gasteiger partial charge in [-0.25, -0.2) is 4.98 Å². The topological polar surface area (TPSA) is 59.5 Å². The number of methoxy groups -OCH3 is 1. The van der Waals surface area contributed by atoms with Gasteiger partial charge in [-0.1, -0.05) is 0 Å². The van der Waals surface area contributed by atoms with E-state index < -0.39 is 0 Å². The monoisotopic (exact) mass is 252 g/mol. The van der Waals surface area contributed by atoms with E-state index in [1.165, 1.54) is 0 Å². The van der Waals surface area contributed by atoms with Crippen LogP contribution in [0.4, 0.5) is 5.82 Å². The van der Waals surface area contributed by atoms with E-state index in [4.69, 9.17) is 9.47 Å². The Morgan fingerprint density at radius 1 is 1.39 bits per heavy atom. The van der Waals surface area contributed by atoms with E-state index in [1.54, 1.807) is 7.11 Å². The normalized spacial score (nSPS) is 16.6. The molecule has 6 nitrogen and oxygen atoms in total. The zero-order valence-corrected chi connectivity index (χ0v) is 11.0. The van der Waals surface area contributed by atoms with Gasteiger partial charge in [0.25, 0.3) is 0 Å². The molecule has 1 aromatic heterocycles. The van der Waals surface area contributed by atoms with Crippen molar-refractivity contribution in [2.45, 2.75) is 6.92 Å². The molecule has 0 aromatic carbocycles. The highest BCUT2D eigenvalue weighted by molar-refractivity contribution is 5.38. The summed E-state index contributed by atoms with van der Waals surface area (Å²) in [6.45, 7) is 7.40. The Balaban J connectivity index is 1.80. The third-order valence-corrected chi connectivity index (χ3v) is 2.86. The zero-order valence-electron chi connectivity index (χ0n) is 11.0. The first-order valence-electron chi connectivity index (χ1n) is 6.21. The standard InChI is InChI=1S/C12H20N4O2/c1-10-14-11(9-12(15-10)17-2)13-3-4-16-5-7-18-8-6-16/h9H,3-8H2,1-2H3,(H,13,14,15). The van der Waals surface area contributed by atoms with Crippen molar-refractivity contribution in [3.63, 3.8) is 0 Å². The van der Waals surface area contributed by atoms with Gasteiger partial charge in [0.15, 0.2) is 0 Å². The molecule has 18 heavy (non-hydrogen) atoms. The van der Waals surface area contributed by atoms with E-state index >= 15 is 0 Å². The lowest BCUT2D eigenvalue weighted by atomic mass is 10.4. The predicted molar refractivity (Wildman–Crippen MR) is 69.1 cm³/mol. The fraction of sp³-hybridized carbons (Fsp3) is 0.667. The molecule has 100 valence electrons. The Hall–Kier alpha value is -1.40. The Morgan fingerprint density at radius 3 is 2.89 bits per heavy atom. The van der Waals surface area contributed by atoms with Crippen LogP contribution in [-0.4, -0.2) is 61.4 Å². The van der Waals surface area contributed by atoms with Gasteiger partial charge in [-0.2, -0.15) is 4.98 Å². The smallest absolute Gasteiger partial charge is 0.218 e. The summed E-state index contributed by atoms with van der Waals surface area (Å²) in [6, 6.07) is 1.81. The van der Waals surface area contributed by atoms with Crippen LogP contribution in [0, 0.1) is 6.92 Å². The molecule has 0 saturated carbocycles. The summed E-state index contributed by atoms with van der Waals surface area (Å²) in [5.41, 5.74) is 0. The van der Waals surface area contributed by atoms with Gasteiger partial charge in [0.2, 0.25) is 5.88 Å².